The summed E-state index contributed by atoms with van der Waals surface area (Å²) < 4.78 is 5.62. The van der Waals surface area contributed by atoms with Gasteiger partial charge in [0.1, 0.15) is 11.6 Å². The van der Waals surface area contributed by atoms with E-state index in [0.717, 1.165) is 53.9 Å². The van der Waals surface area contributed by atoms with Crippen LogP contribution in [0.3, 0.4) is 0 Å². The van der Waals surface area contributed by atoms with E-state index in [9.17, 15) is 4.79 Å². The zero-order chi connectivity index (χ0) is 21.0. The monoisotopic (exact) mass is 468 g/mol. The van der Waals surface area contributed by atoms with Gasteiger partial charge in [-0.15, -0.1) is 24.8 Å². The molecule has 2 aromatic rings. The number of carbonyl (C=O) groups is 1. The van der Waals surface area contributed by atoms with E-state index in [1.54, 1.807) is 7.11 Å². The van der Waals surface area contributed by atoms with Crippen molar-refractivity contribution in [1.82, 2.24) is 10.3 Å². The van der Waals surface area contributed by atoms with Gasteiger partial charge in [-0.05, 0) is 80.1 Å². The Hall–Kier alpha value is -2.02. The number of ether oxygens (including phenoxy) is 1. The first kappa shape index (κ1) is 27.0. The highest BCUT2D eigenvalue weighted by Crippen LogP contribution is 2.41. The van der Waals surface area contributed by atoms with Crippen molar-refractivity contribution in [3.8, 4) is 16.9 Å². The maximum atomic E-state index is 12.5. The third kappa shape index (κ3) is 6.03. The topological polar surface area (TPSA) is 80.5 Å². The largest absolute Gasteiger partial charge is 0.496 e. The molecule has 1 aliphatic carbocycles. The number of methoxy groups -OCH3 is 1. The molecule has 0 saturated heterocycles. The number of carbonyl (C=O) groups excluding carboxylic acids is 1. The number of benzene rings is 1. The van der Waals surface area contributed by atoms with Gasteiger partial charge in [0.25, 0.3) is 0 Å². The molecule has 8 heteroatoms. The van der Waals surface area contributed by atoms with Crippen molar-refractivity contribution in [2.24, 2.45) is 11.1 Å². The molecule has 1 heterocycles. The minimum atomic E-state index is -0.522. The van der Waals surface area contributed by atoms with Gasteiger partial charge >= 0.3 is 0 Å². The van der Waals surface area contributed by atoms with Crippen LogP contribution in [0.1, 0.15) is 31.2 Å². The highest BCUT2D eigenvalue weighted by atomic mass is 35.5. The van der Waals surface area contributed by atoms with Gasteiger partial charge in [0.05, 0.1) is 12.5 Å². The molecule has 0 atom stereocenters. The number of primary amides is 1. The molecule has 172 valence electrons. The second-order valence-electron chi connectivity index (χ2n) is 8.21. The number of nitrogens with one attached hydrogen (secondary N) is 1. The fourth-order valence-corrected chi connectivity index (χ4v) is 4.27. The van der Waals surface area contributed by atoms with E-state index in [-0.39, 0.29) is 30.7 Å². The highest BCUT2D eigenvalue weighted by Gasteiger charge is 2.40. The lowest BCUT2D eigenvalue weighted by Crippen LogP contribution is -2.45. The standard InChI is InChI=1S/C23H32N4O2.2ClH/c1-25-19-7-10-23(11-8-19,22(24)28)15-18-13-16(5-6-20(18)29-4)17-9-12-26-21(14-17)27(2)3;;/h5-6,9,12-14,19,25H,7-8,10-11,15H2,1-4H3,(H2,24,28);2*1H. The summed E-state index contributed by atoms with van der Waals surface area (Å²) in [5.41, 5.74) is 8.58. The molecule has 0 aliphatic heterocycles. The van der Waals surface area contributed by atoms with Gasteiger partial charge in [-0.1, -0.05) is 6.07 Å². The van der Waals surface area contributed by atoms with Gasteiger partial charge in [-0.25, -0.2) is 4.98 Å². The third-order valence-electron chi connectivity index (χ3n) is 6.22. The number of hydrogen-bond acceptors (Lipinski definition) is 5. The lowest BCUT2D eigenvalue weighted by Gasteiger charge is -2.38. The smallest absolute Gasteiger partial charge is 0.223 e. The first-order valence-corrected chi connectivity index (χ1v) is 10.2. The van der Waals surface area contributed by atoms with Crippen molar-refractivity contribution in [2.75, 3.05) is 33.2 Å². The second-order valence-corrected chi connectivity index (χ2v) is 8.21. The van der Waals surface area contributed by atoms with Gasteiger partial charge < -0.3 is 20.7 Å². The van der Waals surface area contributed by atoms with Crippen LogP contribution < -0.4 is 20.7 Å². The number of aromatic nitrogens is 1. The zero-order valence-corrected chi connectivity index (χ0v) is 20.3. The SMILES string of the molecule is CNC1CCC(Cc2cc(-c3ccnc(N(C)C)c3)ccc2OC)(C(N)=O)CC1.Cl.Cl. The summed E-state index contributed by atoms with van der Waals surface area (Å²) in [6.07, 6.45) is 5.92. The molecular weight excluding hydrogens is 435 g/mol. The van der Waals surface area contributed by atoms with E-state index < -0.39 is 5.41 Å². The molecule has 1 aromatic carbocycles. The average molecular weight is 469 g/mol. The Kier molecular flexibility index (Phi) is 10.1. The molecule has 1 aromatic heterocycles. The van der Waals surface area contributed by atoms with Crippen LogP contribution in [-0.4, -0.2) is 45.2 Å². The number of halogens is 2. The van der Waals surface area contributed by atoms with E-state index in [2.05, 4.69) is 22.4 Å². The molecule has 0 bridgehead atoms. The number of rotatable bonds is 7. The second kappa shape index (κ2) is 11.6. The molecule has 6 nitrogen and oxygen atoms in total. The number of anilines is 1. The van der Waals surface area contributed by atoms with Crippen molar-refractivity contribution in [1.29, 1.82) is 0 Å². The normalized spacial score (nSPS) is 20.2. The van der Waals surface area contributed by atoms with Crippen LogP contribution in [0.4, 0.5) is 5.82 Å². The van der Waals surface area contributed by atoms with Gasteiger partial charge in [0.2, 0.25) is 5.91 Å². The van der Waals surface area contributed by atoms with E-state index in [0.29, 0.717) is 12.5 Å². The first-order valence-electron chi connectivity index (χ1n) is 10.2. The molecule has 31 heavy (non-hydrogen) atoms. The summed E-state index contributed by atoms with van der Waals surface area (Å²) in [5, 5.41) is 3.33. The maximum absolute atomic E-state index is 12.5. The number of pyridine rings is 1. The lowest BCUT2D eigenvalue weighted by molar-refractivity contribution is -0.129. The summed E-state index contributed by atoms with van der Waals surface area (Å²) >= 11 is 0. The molecule has 1 amide bonds. The fourth-order valence-electron chi connectivity index (χ4n) is 4.27. The van der Waals surface area contributed by atoms with Crippen LogP contribution in [0.15, 0.2) is 36.5 Å². The summed E-state index contributed by atoms with van der Waals surface area (Å²) in [4.78, 5) is 18.9. The van der Waals surface area contributed by atoms with Gasteiger partial charge in [-0.3, -0.25) is 4.79 Å². The molecule has 3 rings (SSSR count). The van der Waals surface area contributed by atoms with Crippen molar-refractivity contribution in [3.63, 3.8) is 0 Å². The predicted octanol–water partition coefficient (Wildman–Crippen LogP) is 3.84. The van der Waals surface area contributed by atoms with Gasteiger partial charge in [0.15, 0.2) is 0 Å². The summed E-state index contributed by atoms with van der Waals surface area (Å²) in [6, 6.07) is 10.7. The molecule has 0 unspecified atom stereocenters. The summed E-state index contributed by atoms with van der Waals surface area (Å²) in [5.74, 6) is 1.49. The van der Waals surface area contributed by atoms with Gasteiger partial charge in [0, 0.05) is 26.3 Å². The highest BCUT2D eigenvalue weighted by molar-refractivity contribution is 5.85. The van der Waals surface area contributed by atoms with Crippen LogP contribution in [0, 0.1) is 5.41 Å². The quantitative estimate of drug-likeness (QED) is 0.644. The Labute approximate surface area is 197 Å². The van der Waals surface area contributed by atoms with E-state index in [1.807, 2.05) is 50.4 Å². The van der Waals surface area contributed by atoms with Crippen molar-refractivity contribution in [3.05, 3.63) is 42.1 Å². The molecule has 1 fully saturated rings. The number of nitrogens with two attached hydrogens (primary N) is 1. The van der Waals surface area contributed by atoms with E-state index in [4.69, 9.17) is 10.5 Å². The molecule has 0 spiro atoms. The first-order chi connectivity index (χ1) is 13.9. The Balaban J connectivity index is 0.00000240. The van der Waals surface area contributed by atoms with Crippen LogP contribution in [0.5, 0.6) is 5.75 Å². The van der Waals surface area contributed by atoms with Crippen molar-refractivity contribution >= 4 is 36.5 Å². The van der Waals surface area contributed by atoms with Crippen LogP contribution >= 0.6 is 24.8 Å². The average Bonchev–Trinajstić information content (AvgIpc) is 2.74. The van der Waals surface area contributed by atoms with Crippen LogP contribution in [0.25, 0.3) is 11.1 Å². The molecule has 0 radical (unpaired) electrons. The third-order valence-corrected chi connectivity index (χ3v) is 6.22. The minimum Gasteiger partial charge on any atom is -0.496 e. The minimum absolute atomic E-state index is 0. The van der Waals surface area contributed by atoms with E-state index >= 15 is 0 Å². The summed E-state index contributed by atoms with van der Waals surface area (Å²) in [6.45, 7) is 0. The Morgan fingerprint density at radius 1 is 1.19 bits per heavy atom. The molecule has 3 N–H and O–H groups in total. The Bertz CT molecular complexity index is 868. The fraction of sp³-hybridized carbons (Fsp3) is 0.478. The number of hydrogen-bond donors (Lipinski definition) is 2. The zero-order valence-electron chi connectivity index (χ0n) is 18.7. The van der Waals surface area contributed by atoms with Crippen molar-refractivity contribution in [2.45, 2.75) is 38.1 Å². The number of nitrogens with zero attached hydrogens (tertiary/aromatic N) is 2. The maximum Gasteiger partial charge on any atom is 0.223 e. The van der Waals surface area contributed by atoms with E-state index in [1.165, 1.54) is 0 Å². The number of amides is 1. The van der Waals surface area contributed by atoms with Crippen molar-refractivity contribution < 1.29 is 9.53 Å². The Morgan fingerprint density at radius 3 is 2.39 bits per heavy atom. The predicted molar refractivity (Wildman–Crippen MR) is 132 cm³/mol. The lowest BCUT2D eigenvalue weighted by atomic mass is 9.68. The Morgan fingerprint density at radius 2 is 1.84 bits per heavy atom. The molecule has 1 aliphatic rings. The van der Waals surface area contributed by atoms with Crippen LogP contribution in [-0.2, 0) is 11.2 Å². The molecular formula is C23H34Cl2N4O2. The van der Waals surface area contributed by atoms with Gasteiger partial charge in [-0.2, -0.15) is 0 Å². The van der Waals surface area contributed by atoms with Crippen LogP contribution in [0.2, 0.25) is 0 Å². The summed E-state index contributed by atoms with van der Waals surface area (Å²) in [7, 11) is 7.60. The molecule has 1 saturated carbocycles.